The molecule has 1 aliphatic rings. The van der Waals surface area contributed by atoms with Crippen LogP contribution in [0.3, 0.4) is 0 Å². The van der Waals surface area contributed by atoms with Crippen LogP contribution in [0, 0.1) is 12.3 Å². The van der Waals surface area contributed by atoms with E-state index in [9.17, 15) is 9.59 Å². The maximum Gasteiger partial charge on any atom is 0.341 e. The highest BCUT2D eigenvalue weighted by Crippen LogP contribution is 2.45. The highest BCUT2D eigenvalue weighted by Gasteiger charge is 2.42. The van der Waals surface area contributed by atoms with Crippen molar-refractivity contribution in [2.75, 3.05) is 11.9 Å². The Morgan fingerprint density at radius 1 is 1.45 bits per heavy atom. The van der Waals surface area contributed by atoms with Crippen LogP contribution in [-0.2, 0) is 9.59 Å². The number of nitrogens with one attached hydrogen (secondary N) is 1. The fourth-order valence-corrected chi connectivity index (χ4v) is 2.67. The molecule has 0 unspecified atom stereocenters. The number of carbonyl (C=O) groups is 2. The number of amides is 1. The second-order valence-electron chi connectivity index (χ2n) is 5.74. The van der Waals surface area contributed by atoms with Crippen molar-refractivity contribution in [3.63, 3.8) is 0 Å². The summed E-state index contributed by atoms with van der Waals surface area (Å²) in [5.74, 6) is -0.519. The average Bonchev–Trinajstić information content (AvgIpc) is 2.43. The second-order valence-corrected chi connectivity index (χ2v) is 5.74. The van der Waals surface area contributed by atoms with E-state index in [2.05, 4.69) is 11.9 Å². The van der Waals surface area contributed by atoms with E-state index >= 15 is 0 Å². The molecule has 0 spiro atoms. The van der Waals surface area contributed by atoms with E-state index in [0.29, 0.717) is 12.2 Å². The first-order valence-electron chi connectivity index (χ1n) is 7.34. The molecule has 1 aliphatic carbocycles. The highest BCUT2D eigenvalue weighted by molar-refractivity contribution is 5.96. The molecule has 0 heterocycles. The summed E-state index contributed by atoms with van der Waals surface area (Å²) in [5, 5.41) is 11.6. The van der Waals surface area contributed by atoms with Gasteiger partial charge in [-0.25, -0.2) is 4.79 Å². The molecule has 1 amide bonds. The van der Waals surface area contributed by atoms with Gasteiger partial charge in [0.25, 0.3) is 0 Å². The van der Waals surface area contributed by atoms with E-state index < -0.39 is 5.97 Å². The van der Waals surface area contributed by atoms with E-state index in [4.69, 9.17) is 9.84 Å². The quantitative estimate of drug-likeness (QED) is 0.759. The number of hydrogen-bond donors (Lipinski definition) is 2. The lowest BCUT2D eigenvalue weighted by molar-refractivity contribution is -0.139. The number of hydrogen-bond acceptors (Lipinski definition) is 3. The molecular weight excluding hydrogens is 282 g/mol. The van der Waals surface area contributed by atoms with E-state index in [0.717, 1.165) is 30.5 Å². The summed E-state index contributed by atoms with van der Waals surface area (Å²) in [7, 11) is 0. The second kappa shape index (κ2) is 6.64. The Kier molecular flexibility index (Phi) is 4.85. The van der Waals surface area contributed by atoms with Crippen LogP contribution in [0.2, 0.25) is 0 Å². The number of benzene rings is 1. The Morgan fingerprint density at radius 2 is 2.18 bits per heavy atom. The number of rotatable bonds is 7. The number of aliphatic carboxylic acids is 1. The average molecular weight is 303 g/mol. The third-order valence-electron chi connectivity index (χ3n) is 4.14. The molecule has 0 radical (unpaired) electrons. The first kappa shape index (κ1) is 16.1. The van der Waals surface area contributed by atoms with E-state index in [1.54, 1.807) is 24.3 Å². The monoisotopic (exact) mass is 303 g/mol. The van der Waals surface area contributed by atoms with Gasteiger partial charge in [-0.1, -0.05) is 12.5 Å². The predicted octanol–water partition coefficient (Wildman–Crippen LogP) is 3.14. The van der Waals surface area contributed by atoms with Crippen LogP contribution in [0.1, 0.15) is 31.2 Å². The summed E-state index contributed by atoms with van der Waals surface area (Å²) in [6, 6.07) is 5.12. The van der Waals surface area contributed by atoms with Crippen LogP contribution in [0.4, 0.5) is 5.69 Å². The summed E-state index contributed by atoms with van der Waals surface area (Å²) in [6.07, 6.45) is 5.35. The molecule has 22 heavy (non-hydrogen) atoms. The largest absolute Gasteiger partial charge is 0.482 e. The molecule has 5 nitrogen and oxygen atoms in total. The van der Waals surface area contributed by atoms with Crippen LogP contribution in [-0.4, -0.2) is 23.6 Å². The van der Waals surface area contributed by atoms with Crippen molar-refractivity contribution in [1.29, 1.82) is 0 Å². The topological polar surface area (TPSA) is 75.6 Å². The third-order valence-corrected chi connectivity index (χ3v) is 4.14. The van der Waals surface area contributed by atoms with Gasteiger partial charge in [0, 0.05) is 5.69 Å². The number of carbonyl (C=O) groups excluding carboxylic acids is 1. The maximum absolute atomic E-state index is 12.5. The number of aryl methyl sites for hydroxylation is 1. The van der Waals surface area contributed by atoms with Gasteiger partial charge in [-0.2, -0.15) is 0 Å². The lowest BCUT2D eigenvalue weighted by atomic mass is 9.66. The van der Waals surface area contributed by atoms with Gasteiger partial charge in [-0.15, -0.1) is 6.58 Å². The van der Waals surface area contributed by atoms with Crippen molar-refractivity contribution in [3.8, 4) is 5.75 Å². The highest BCUT2D eigenvalue weighted by atomic mass is 16.5. The van der Waals surface area contributed by atoms with E-state index in [-0.39, 0.29) is 17.9 Å². The van der Waals surface area contributed by atoms with E-state index in [1.165, 1.54) is 0 Å². The lowest BCUT2D eigenvalue weighted by Crippen LogP contribution is -2.41. The molecule has 118 valence electrons. The van der Waals surface area contributed by atoms with Crippen molar-refractivity contribution >= 4 is 17.6 Å². The summed E-state index contributed by atoms with van der Waals surface area (Å²) in [5.41, 5.74) is 1.25. The van der Waals surface area contributed by atoms with Crippen LogP contribution < -0.4 is 10.1 Å². The Labute approximate surface area is 130 Å². The first-order chi connectivity index (χ1) is 10.5. The van der Waals surface area contributed by atoms with Crippen molar-refractivity contribution in [2.24, 2.45) is 5.41 Å². The summed E-state index contributed by atoms with van der Waals surface area (Å²) >= 11 is 0. The van der Waals surface area contributed by atoms with E-state index in [1.807, 2.05) is 6.92 Å². The SMILES string of the molecule is C=CCC1(C(=O)Nc2ccc(OCC(=O)O)cc2C)CCC1. The number of allylic oxidation sites excluding steroid dienone is 1. The van der Waals surface area contributed by atoms with Crippen molar-refractivity contribution in [1.82, 2.24) is 0 Å². The molecule has 1 aromatic rings. The molecule has 0 saturated heterocycles. The fourth-order valence-electron chi connectivity index (χ4n) is 2.67. The summed E-state index contributed by atoms with van der Waals surface area (Å²) in [6.45, 7) is 5.21. The van der Waals surface area contributed by atoms with Gasteiger partial charge in [-0.3, -0.25) is 4.79 Å². The van der Waals surface area contributed by atoms with Crippen LogP contribution in [0.15, 0.2) is 30.9 Å². The first-order valence-corrected chi connectivity index (χ1v) is 7.34. The Bertz CT molecular complexity index is 590. The van der Waals surface area contributed by atoms with Gasteiger partial charge in [0.05, 0.1) is 5.41 Å². The van der Waals surface area contributed by atoms with Crippen molar-refractivity contribution in [3.05, 3.63) is 36.4 Å². The minimum atomic E-state index is -1.02. The molecule has 1 saturated carbocycles. The molecule has 0 bridgehead atoms. The number of carboxylic acid groups (broad SMARTS) is 1. The summed E-state index contributed by atoms with van der Waals surface area (Å²) in [4.78, 5) is 23.0. The molecule has 0 aromatic heterocycles. The number of anilines is 1. The lowest BCUT2D eigenvalue weighted by Gasteiger charge is -2.39. The molecule has 1 aromatic carbocycles. The van der Waals surface area contributed by atoms with Gasteiger partial charge < -0.3 is 15.2 Å². The molecule has 2 N–H and O–H groups in total. The Morgan fingerprint density at radius 3 is 2.68 bits per heavy atom. The predicted molar refractivity (Wildman–Crippen MR) is 84.0 cm³/mol. The van der Waals surface area contributed by atoms with Gasteiger partial charge in [0.1, 0.15) is 5.75 Å². The molecule has 1 fully saturated rings. The van der Waals surface area contributed by atoms with Crippen molar-refractivity contribution < 1.29 is 19.4 Å². The number of ether oxygens (including phenoxy) is 1. The van der Waals surface area contributed by atoms with Crippen molar-refractivity contribution in [2.45, 2.75) is 32.6 Å². The zero-order valence-corrected chi connectivity index (χ0v) is 12.7. The zero-order valence-electron chi connectivity index (χ0n) is 12.7. The standard InChI is InChI=1S/C17H21NO4/c1-3-7-17(8-4-9-17)16(21)18-14-6-5-13(10-12(14)2)22-11-15(19)20/h3,5-6,10H,1,4,7-9,11H2,2H3,(H,18,21)(H,19,20). The molecular formula is C17H21NO4. The minimum Gasteiger partial charge on any atom is -0.482 e. The van der Waals surface area contributed by atoms with Crippen LogP contribution >= 0.6 is 0 Å². The maximum atomic E-state index is 12.5. The molecule has 0 aliphatic heterocycles. The fraction of sp³-hybridized carbons (Fsp3) is 0.412. The third kappa shape index (κ3) is 3.47. The zero-order chi connectivity index (χ0) is 16.2. The van der Waals surface area contributed by atoms with Crippen LogP contribution in [0.25, 0.3) is 0 Å². The van der Waals surface area contributed by atoms with Gasteiger partial charge in [0.2, 0.25) is 5.91 Å². The number of carboxylic acids is 1. The molecule has 0 atom stereocenters. The molecule has 2 rings (SSSR count). The molecule has 5 heteroatoms. The summed E-state index contributed by atoms with van der Waals surface area (Å²) < 4.78 is 5.12. The van der Waals surface area contributed by atoms with Gasteiger partial charge in [-0.05, 0) is 49.9 Å². The Hall–Kier alpha value is -2.30. The van der Waals surface area contributed by atoms with Gasteiger partial charge in [0.15, 0.2) is 6.61 Å². The minimum absolute atomic E-state index is 0.0287. The Balaban J connectivity index is 2.05. The van der Waals surface area contributed by atoms with Crippen LogP contribution in [0.5, 0.6) is 5.75 Å². The smallest absolute Gasteiger partial charge is 0.341 e. The normalized spacial score (nSPS) is 15.5. The van der Waals surface area contributed by atoms with Gasteiger partial charge >= 0.3 is 5.97 Å².